The van der Waals surface area contributed by atoms with Crippen molar-refractivity contribution in [2.45, 2.75) is 25.5 Å². The van der Waals surface area contributed by atoms with E-state index in [2.05, 4.69) is 34.3 Å². The molecule has 0 saturated heterocycles. The Morgan fingerprint density at radius 3 is 2.65 bits per heavy atom. The van der Waals surface area contributed by atoms with E-state index in [9.17, 15) is 5.11 Å². The summed E-state index contributed by atoms with van der Waals surface area (Å²) in [5.41, 5.74) is 9.98. The van der Waals surface area contributed by atoms with Crippen LogP contribution in [-0.4, -0.2) is 38.7 Å². The molecule has 0 unspecified atom stereocenters. The van der Waals surface area contributed by atoms with E-state index in [-0.39, 0.29) is 6.04 Å². The van der Waals surface area contributed by atoms with E-state index in [1.807, 2.05) is 35.7 Å². The fraction of sp³-hybridized carbons (Fsp3) is 0.208. The maximum atomic E-state index is 9.54. The van der Waals surface area contributed by atoms with Gasteiger partial charge < -0.3 is 16.2 Å². The molecule has 4 aromatic rings. The van der Waals surface area contributed by atoms with Gasteiger partial charge in [0.25, 0.3) is 0 Å². The highest BCUT2D eigenvalue weighted by molar-refractivity contribution is 7.18. The molecule has 31 heavy (non-hydrogen) atoms. The summed E-state index contributed by atoms with van der Waals surface area (Å²) in [7, 11) is 0. The standard InChI is InChI=1S/C24H23N5OS/c1-16(30)7-8-19-15-31-22-21(19)28-23(18-9-11-26-12-10-18)29-24(22)27-14-20(25)13-17-5-3-2-4-6-17/h2-6,9-12,15-16,20,30H,13-14,25H2,1H3,(H,27,28,29)/t16-,20+/m0/s1. The Hall–Kier alpha value is -3.31. The van der Waals surface area contributed by atoms with E-state index < -0.39 is 6.10 Å². The van der Waals surface area contributed by atoms with E-state index in [0.717, 1.165) is 33.6 Å². The number of aliphatic hydroxyl groups excluding tert-OH is 1. The summed E-state index contributed by atoms with van der Waals surface area (Å²) in [6.45, 7) is 2.21. The summed E-state index contributed by atoms with van der Waals surface area (Å²) in [5.74, 6) is 7.15. The Morgan fingerprint density at radius 2 is 1.90 bits per heavy atom. The zero-order valence-electron chi connectivity index (χ0n) is 17.1. The first-order chi connectivity index (χ1) is 15.1. The number of hydrogen-bond donors (Lipinski definition) is 3. The normalized spacial score (nSPS) is 12.7. The van der Waals surface area contributed by atoms with Gasteiger partial charge in [0.1, 0.15) is 17.4 Å². The van der Waals surface area contributed by atoms with Crippen molar-refractivity contribution in [1.82, 2.24) is 15.0 Å². The van der Waals surface area contributed by atoms with Gasteiger partial charge in [0.05, 0.1) is 10.3 Å². The molecule has 1 aromatic carbocycles. The van der Waals surface area contributed by atoms with Gasteiger partial charge >= 0.3 is 0 Å². The molecule has 0 radical (unpaired) electrons. The number of nitrogens with one attached hydrogen (secondary N) is 1. The van der Waals surface area contributed by atoms with Crippen molar-refractivity contribution in [3.8, 4) is 23.2 Å². The summed E-state index contributed by atoms with van der Waals surface area (Å²) >= 11 is 1.53. The van der Waals surface area contributed by atoms with E-state index in [1.165, 1.54) is 16.9 Å². The number of nitrogens with zero attached hydrogens (tertiary/aromatic N) is 3. The smallest absolute Gasteiger partial charge is 0.162 e. The Morgan fingerprint density at radius 1 is 1.13 bits per heavy atom. The lowest BCUT2D eigenvalue weighted by Crippen LogP contribution is -2.31. The van der Waals surface area contributed by atoms with Crippen molar-refractivity contribution in [2.24, 2.45) is 5.73 Å². The summed E-state index contributed by atoms with van der Waals surface area (Å²) in [6, 6.07) is 13.9. The summed E-state index contributed by atoms with van der Waals surface area (Å²) in [6.07, 6.45) is 3.50. The number of pyridine rings is 1. The molecular weight excluding hydrogens is 406 g/mol. The third kappa shape index (κ3) is 5.25. The molecule has 4 rings (SSSR count). The molecule has 156 valence electrons. The number of benzene rings is 1. The monoisotopic (exact) mass is 429 g/mol. The number of aliphatic hydroxyl groups is 1. The zero-order chi connectivity index (χ0) is 21.6. The van der Waals surface area contributed by atoms with Crippen LogP contribution in [0.25, 0.3) is 21.6 Å². The molecule has 3 heterocycles. The molecule has 0 aliphatic rings. The number of hydrogen-bond acceptors (Lipinski definition) is 7. The zero-order valence-corrected chi connectivity index (χ0v) is 17.9. The SMILES string of the molecule is C[C@H](O)C#Cc1csc2c(NC[C@H](N)Cc3ccccc3)nc(-c3ccncc3)nc12. The largest absolute Gasteiger partial charge is 0.381 e. The lowest BCUT2D eigenvalue weighted by Gasteiger charge is -2.14. The molecule has 4 N–H and O–H groups in total. The van der Waals surface area contributed by atoms with E-state index >= 15 is 0 Å². The predicted molar refractivity (Wildman–Crippen MR) is 126 cm³/mol. The highest BCUT2D eigenvalue weighted by Gasteiger charge is 2.15. The average molecular weight is 430 g/mol. The van der Waals surface area contributed by atoms with Crippen LogP contribution < -0.4 is 11.1 Å². The molecule has 7 heteroatoms. The fourth-order valence-corrected chi connectivity index (χ4v) is 4.06. The first kappa shape index (κ1) is 20.9. The highest BCUT2D eigenvalue weighted by Crippen LogP contribution is 2.32. The van der Waals surface area contributed by atoms with E-state index in [1.54, 1.807) is 19.3 Å². The van der Waals surface area contributed by atoms with Crippen molar-refractivity contribution in [2.75, 3.05) is 11.9 Å². The van der Waals surface area contributed by atoms with Gasteiger partial charge in [-0.2, -0.15) is 0 Å². The van der Waals surface area contributed by atoms with Crippen LogP contribution in [0.2, 0.25) is 0 Å². The third-order valence-electron chi connectivity index (χ3n) is 4.64. The van der Waals surface area contributed by atoms with Crippen LogP contribution >= 0.6 is 11.3 Å². The number of thiophene rings is 1. The van der Waals surface area contributed by atoms with E-state index in [0.29, 0.717) is 12.4 Å². The predicted octanol–water partition coefficient (Wildman–Crippen LogP) is 3.47. The summed E-state index contributed by atoms with van der Waals surface area (Å²) in [4.78, 5) is 13.6. The van der Waals surface area contributed by atoms with Gasteiger partial charge in [0, 0.05) is 35.9 Å². The lowest BCUT2D eigenvalue weighted by molar-refractivity contribution is 0.253. The van der Waals surface area contributed by atoms with Gasteiger partial charge in [-0.25, -0.2) is 9.97 Å². The quantitative estimate of drug-likeness (QED) is 0.406. The summed E-state index contributed by atoms with van der Waals surface area (Å²) < 4.78 is 0.916. The minimum atomic E-state index is -0.704. The molecule has 0 fully saturated rings. The molecule has 0 amide bonds. The Labute approximate surface area is 185 Å². The number of nitrogens with two attached hydrogens (primary N) is 1. The Kier molecular flexibility index (Phi) is 6.53. The molecule has 3 aromatic heterocycles. The van der Waals surface area contributed by atoms with Gasteiger partial charge in [-0.1, -0.05) is 42.2 Å². The van der Waals surface area contributed by atoms with Crippen molar-refractivity contribution in [3.05, 3.63) is 71.4 Å². The second kappa shape index (κ2) is 9.67. The number of rotatable bonds is 6. The van der Waals surface area contributed by atoms with Crippen LogP contribution in [0.1, 0.15) is 18.1 Å². The minimum absolute atomic E-state index is 0.0637. The minimum Gasteiger partial charge on any atom is -0.381 e. The van der Waals surface area contributed by atoms with Crippen LogP contribution in [0.4, 0.5) is 5.82 Å². The van der Waals surface area contributed by atoms with Gasteiger partial charge in [-0.05, 0) is 31.0 Å². The topological polar surface area (TPSA) is 97.0 Å². The molecule has 0 bridgehead atoms. The van der Waals surface area contributed by atoms with Gasteiger partial charge in [-0.15, -0.1) is 11.3 Å². The van der Waals surface area contributed by atoms with Crippen LogP contribution in [0.5, 0.6) is 0 Å². The first-order valence-corrected chi connectivity index (χ1v) is 10.9. The second-order valence-electron chi connectivity index (χ2n) is 7.23. The average Bonchev–Trinajstić information content (AvgIpc) is 3.20. The fourth-order valence-electron chi connectivity index (χ4n) is 3.16. The molecule has 0 saturated carbocycles. The van der Waals surface area contributed by atoms with Gasteiger partial charge in [0.15, 0.2) is 5.82 Å². The third-order valence-corrected chi connectivity index (χ3v) is 5.62. The van der Waals surface area contributed by atoms with E-state index in [4.69, 9.17) is 15.7 Å². The van der Waals surface area contributed by atoms with Gasteiger partial charge in [-0.3, -0.25) is 4.98 Å². The second-order valence-corrected chi connectivity index (χ2v) is 8.11. The summed E-state index contributed by atoms with van der Waals surface area (Å²) in [5, 5.41) is 14.9. The van der Waals surface area contributed by atoms with Crippen LogP contribution in [0.3, 0.4) is 0 Å². The number of fused-ring (bicyclic) bond motifs is 1. The van der Waals surface area contributed by atoms with Crippen molar-refractivity contribution >= 4 is 27.4 Å². The van der Waals surface area contributed by atoms with Crippen molar-refractivity contribution in [1.29, 1.82) is 0 Å². The Balaban J connectivity index is 1.65. The molecule has 0 aliphatic carbocycles. The van der Waals surface area contributed by atoms with Crippen LogP contribution in [0.15, 0.2) is 60.2 Å². The van der Waals surface area contributed by atoms with Crippen molar-refractivity contribution < 1.29 is 5.11 Å². The highest BCUT2D eigenvalue weighted by atomic mass is 32.1. The first-order valence-electron chi connectivity index (χ1n) is 10.0. The molecule has 6 nitrogen and oxygen atoms in total. The molecule has 0 aliphatic heterocycles. The van der Waals surface area contributed by atoms with Crippen molar-refractivity contribution in [3.63, 3.8) is 0 Å². The number of anilines is 1. The molecule has 0 spiro atoms. The Bertz CT molecular complexity index is 1210. The number of aromatic nitrogens is 3. The van der Waals surface area contributed by atoms with Crippen LogP contribution in [-0.2, 0) is 6.42 Å². The maximum Gasteiger partial charge on any atom is 0.162 e. The van der Waals surface area contributed by atoms with Crippen LogP contribution in [0, 0.1) is 11.8 Å². The molecule has 2 atom stereocenters. The lowest BCUT2D eigenvalue weighted by atomic mass is 10.1. The van der Waals surface area contributed by atoms with Gasteiger partial charge in [0.2, 0.25) is 0 Å². The maximum absolute atomic E-state index is 9.54. The molecular formula is C24H23N5OS.